The molecule has 2 rings (SSSR count). The summed E-state index contributed by atoms with van der Waals surface area (Å²) in [5, 5.41) is 8.02. The largest absolute Gasteiger partial charge is 0.313 e. The SMILES string of the molecule is CCCNCc1c(C)nn(-c2nc(C)cc(C)n2)c1C. The maximum atomic E-state index is 4.59. The molecule has 0 fully saturated rings. The normalized spacial score (nSPS) is 11.1. The van der Waals surface area contributed by atoms with Crippen LogP contribution in [0.1, 0.15) is 41.7 Å². The average Bonchev–Trinajstić information content (AvgIpc) is 2.65. The van der Waals surface area contributed by atoms with Crippen LogP contribution in [0.5, 0.6) is 0 Å². The van der Waals surface area contributed by atoms with Crippen LogP contribution in [-0.2, 0) is 6.54 Å². The maximum absolute atomic E-state index is 4.59. The zero-order valence-electron chi connectivity index (χ0n) is 13.0. The minimum Gasteiger partial charge on any atom is -0.313 e. The zero-order chi connectivity index (χ0) is 14.7. The van der Waals surface area contributed by atoms with Crippen molar-refractivity contribution in [2.24, 2.45) is 0 Å². The molecule has 0 saturated carbocycles. The highest BCUT2D eigenvalue weighted by atomic mass is 15.4. The molecule has 0 aliphatic rings. The molecule has 0 aliphatic carbocycles. The van der Waals surface area contributed by atoms with Gasteiger partial charge in [-0.3, -0.25) is 0 Å². The predicted molar refractivity (Wildman–Crippen MR) is 80.1 cm³/mol. The van der Waals surface area contributed by atoms with Gasteiger partial charge in [0.1, 0.15) is 0 Å². The summed E-state index contributed by atoms with van der Waals surface area (Å²) in [6.07, 6.45) is 1.13. The molecule has 0 radical (unpaired) electrons. The lowest BCUT2D eigenvalue weighted by Crippen LogP contribution is -2.15. The van der Waals surface area contributed by atoms with Crippen LogP contribution < -0.4 is 5.32 Å². The Morgan fingerprint density at radius 3 is 2.35 bits per heavy atom. The minimum atomic E-state index is 0.657. The lowest BCUT2D eigenvalue weighted by atomic mass is 10.2. The number of aryl methyl sites for hydroxylation is 3. The van der Waals surface area contributed by atoms with Gasteiger partial charge in [0.2, 0.25) is 0 Å². The molecule has 0 bridgehead atoms. The van der Waals surface area contributed by atoms with E-state index < -0.39 is 0 Å². The molecule has 20 heavy (non-hydrogen) atoms. The van der Waals surface area contributed by atoms with Crippen LogP contribution in [0.2, 0.25) is 0 Å². The first-order valence-electron chi connectivity index (χ1n) is 7.11. The van der Waals surface area contributed by atoms with E-state index in [2.05, 4.69) is 34.2 Å². The summed E-state index contributed by atoms with van der Waals surface area (Å²) in [5.41, 5.74) is 5.31. The fraction of sp³-hybridized carbons (Fsp3) is 0.533. The van der Waals surface area contributed by atoms with Gasteiger partial charge in [-0.15, -0.1) is 0 Å². The molecule has 0 aliphatic heterocycles. The summed E-state index contributed by atoms with van der Waals surface area (Å²) < 4.78 is 1.85. The van der Waals surface area contributed by atoms with E-state index in [1.807, 2.05) is 31.5 Å². The fourth-order valence-electron chi connectivity index (χ4n) is 2.32. The van der Waals surface area contributed by atoms with Gasteiger partial charge in [0.15, 0.2) is 0 Å². The highest BCUT2D eigenvalue weighted by Crippen LogP contribution is 2.16. The minimum absolute atomic E-state index is 0.657. The standard InChI is InChI=1S/C15H23N5/c1-6-7-16-9-14-12(4)19-20(13(14)5)15-17-10(2)8-11(3)18-15/h8,16H,6-7,9H2,1-5H3. The number of nitrogens with zero attached hydrogens (tertiary/aromatic N) is 4. The van der Waals surface area contributed by atoms with Crippen molar-refractivity contribution in [1.29, 1.82) is 0 Å². The molecule has 5 nitrogen and oxygen atoms in total. The molecule has 5 heteroatoms. The van der Waals surface area contributed by atoms with E-state index in [4.69, 9.17) is 0 Å². The number of hydrogen-bond donors (Lipinski definition) is 1. The van der Waals surface area contributed by atoms with Gasteiger partial charge in [0.25, 0.3) is 5.95 Å². The number of aromatic nitrogens is 4. The lowest BCUT2D eigenvalue weighted by molar-refractivity contribution is 0.670. The Morgan fingerprint density at radius 1 is 1.10 bits per heavy atom. The van der Waals surface area contributed by atoms with E-state index in [0.717, 1.165) is 42.3 Å². The molecule has 0 aromatic carbocycles. The lowest BCUT2D eigenvalue weighted by Gasteiger charge is -2.06. The third-order valence-corrected chi connectivity index (χ3v) is 3.33. The fourth-order valence-corrected chi connectivity index (χ4v) is 2.32. The first kappa shape index (κ1) is 14.7. The van der Waals surface area contributed by atoms with Crippen LogP contribution in [-0.4, -0.2) is 26.3 Å². The molecule has 2 aromatic rings. The second kappa shape index (κ2) is 6.13. The molecule has 0 saturated heterocycles. The van der Waals surface area contributed by atoms with Crippen molar-refractivity contribution >= 4 is 0 Å². The number of rotatable bonds is 5. The van der Waals surface area contributed by atoms with Crippen LogP contribution in [0.25, 0.3) is 5.95 Å². The van der Waals surface area contributed by atoms with Gasteiger partial charge < -0.3 is 5.32 Å². The van der Waals surface area contributed by atoms with Crippen molar-refractivity contribution < 1.29 is 0 Å². The molecule has 2 aromatic heterocycles. The molecule has 108 valence electrons. The van der Waals surface area contributed by atoms with Crippen molar-refractivity contribution in [3.63, 3.8) is 0 Å². The predicted octanol–water partition coefficient (Wildman–Crippen LogP) is 2.40. The summed E-state index contributed by atoms with van der Waals surface area (Å²) in [6.45, 7) is 12.1. The topological polar surface area (TPSA) is 55.6 Å². The summed E-state index contributed by atoms with van der Waals surface area (Å²) >= 11 is 0. The van der Waals surface area contributed by atoms with Gasteiger partial charge in [0.05, 0.1) is 5.69 Å². The third kappa shape index (κ3) is 3.04. The Bertz CT molecular complexity index is 580. The first-order valence-corrected chi connectivity index (χ1v) is 7.11. The average molecular weight is 273 g/mol. The van der Waals surface area contributed by atoms with E-state index in [-0.39, 0.29) is 0 Å². The van der Waals surface area contributed by atoms with E-state index >= 15 is 0 Å². The maximum Gasteiger partial charge on any atom is 0.251 e. The zero-order valence-corrected chi connectivity index (χ0v) is 13.0. The Kier molecular flexibility index (Phi) is 4.49. The second-order valence-electron chi connectivity index (χ2n) is 5.19. The summed E-state index contributed by atoms with van der Waals surface area (Å²) in [4.78, 5) is 8.97. The Morgan fingerprint density at radius 2 is 1.75 bits per heavy atom. The van der Waals surface area contributed by atoms with Gasteiger partial charge in [-0.1, -0.05) is 6.92 Å². The Hall–Kier alpha value is -1.75. The van der Waals surface area contributed by atoms with Crippen LogP contribution in [0.4, 0.5) is 0 Å². The quantitative estimate of drug-likeness (QED) is 0.850. The number of hydrogen-bond acceptors (Lipinski definition) is 4. The van der Waals surface area contributed by atoms with Gasteiger partial charge in [0, 0.05) is 29.2 Å². The van der Waals surface area contributed by atoms with Gasteiger partial charge in [-0.05, 0) is 46.7 Å². The molecule has 0 unspecified atom stereocenters. The van der Waals surface area contributed by atoms with Crippen molar-refractivity contribution in [3.8, 4) is 5.95 Å². The highest BCUT2D eigenvalue weighted by Gasteiger charge is 2.14. The van der Waals surface area contributed by atoms with Gasteiger partial charge in [-0.2, -0.15) is 5.10 Å². The highest BCUT2D eigenvalue weighted by molar-refractivity contribution is 5.30. The summed E-state index contributed by atoms with van der Waals surface area (Å²) in [5.74, 6) is 0.657. The summed E-state index contributed by atoms with van der Waals surface area (Å²) in [7, 11) is 0. The molecular weight excluding hydrogens is 250 g/mol. The Balaban J connectivity index is 2.35. The van der Waals surface area contributed by atoms with Crippen LogP contribution in [0.15, 0.2) is 6.07 Å². The third-order valence-electron chi connectivity index (χ3n) is 3.33. The van der Waals surface area contributed by atoms with Crippen LogP contribution in [0, 0.1) is 27.7 Å². The summed E-state index contributed by atoms with van der Waals surface area (Å²) in [6, 6.07) is 1.97. The van der Waals surface area contributed by atoms with E-state index in [9.17, 15) is 0 Å². The van der Waals surface area contributed by atoms with E-state index in [1.54, 1.807) is 0 Å². The van der Waals surface area contributed by atoms with Crippen molar-refractivity contribution in [2.75, 3.05) is 6.54 Å². The molecule has 0 atom stereocenters. The number of nitrogens with one attached hydrogen (secondary N) is 1. The van der Waals surface area contributed by atoms with Crippen molar-refractivity contribution in [3.05, 3.63) is 34.4 Å². The van der Waals surface area contributed by atoms with Crippen LogP contribution in [0.3, 0.4) is 0 Å². The monoisotopic (exact) mass is 273 g/mol. The molecule has 0 spiro atoms. The molecule has 2 heterocycles. The second-order valence-corrected chi connectivity index (χ2v) is 5.19. The smallest absolute Gasteiger partial charge is 0.251 e. The van der Waals surface area contributed by atoms with E-state index in [0.29, 0.717) is 5.95 Å². The van der Waals surface area contributed by atoms with Crippen molar-refractivity contribution in [1.82, 2.24) is 25.1 Å². The molecular formula is C15H23N5. The van der Waals surface area contributed by atoms with E-state index in [1.165, 1.54) is 5.56 Å². The van der Waals surface area contributed by atoms with Crippen molar-refractivity contribution in [2.45, 2.75) is 47.6 Å². The van der Waals surface area contributed by atoms with Gasteiger partial charge in [-0.25, -0.2) is 14.6 Å². The Labute approximate surface area is 120 Å². The molecule has 0 amide bonds. The van der Waals surface area contributed by atoms with Gasteiger partial charge >= 0.3 is 0 Å². The molecule has 1 N–H and O–H groups in total. The first-order chi connectivity index (χ1) is 9.52. The van der Waals surface area contributed by atoms with Crippen LogP contribution >= 0.6 is 0 Å².